The van der Waals surface area contributed by atoms with Gasteiger partial charge in [0.05, 0.1) is 17.5 Å². The average molecular weight is 288 g/mol. The highest BCUT2D eigenvalue weighted by atomic mass is 16.1. The lowest BCUT2D eigenvalue weighted by atomic mass is 10.1. The Morgan fingerprint density at radius 2 is 1.95 bits per heavy atom. The number of likely N-dealkylation sites (N-methyl/N-ethyl adjacent to an activating group) is 1. The molecule has 2 aromatic rings. The van der Waals surface area contributed by atoms with Crippen LogP contribution < -0.4 is 16.2 Å². The summed E-state index contributed by atoms with van der Waals surface area (Å²) in [7, 11) is 1.60. The second kappa shape index (κ2) is 6.99. The molecule has 1 aromatic heterocycles. The lowest BCUT2D eigenvalue weighted by Crippen LogP contribution is -2.33. The first-order valence-electron chi connectivity index (χ1n) is 7.05. The number of rotatable bonds is 6. The van der Waals surface area contributed by atoms with Crippen LogP contribution in [0.3, 0.4) is 0 Å². The van der Waals surface area contributed by atoms with Gasteiger partial charge in [0, 0.05) is 25.5 Å². The molecule has 0 unspecified atom stereocenters. The van der Waals surface area contributed by atoms with Gasteiger partial charge in [-0.25, -0.2) is 4.68 Å². The molecule has 1 heterocycles. The third-order valence-corrected chi connectivity index (χ3v) is 3.23. The summed E-state index contributed by atoms with van der Waals surface area (Å²) >= 11 is 0. The molecule has 6 heteroatoms. The molecule has 2 N–H and O–H groups in total. The summed E-state index contributed by atoms with van der Waals surface area (Å²) in [6.07, 6.45) is 0.167. The van der Waals surface area contributed by atoms with Crippen molar-refractivity contribution in [2.45, 2.75) is 13.3 Å². The minimum atomic E-state index is -0.151. The first-order valence-corrected chi connectivity index (χ1v) is 7.05. The average Bonchev–Trinajstić information content (AvgIpc) is 2.49. The molecule has 0 atom stereocenters. The largest absolute Gasteiger partial charge is 0.354 e. The number of carbonyl (C=O) groups excluding carboxylic acids is 1. The van der Waals surface area contributed by atoms with Crippen molar-refractivity contribution in [2.75, 3.05) is 19.6 Å². The van der Waals surface area contributed by atoms with Gasteiger partial charge in [-0.2, -0.15) is 5.10 Å². The molecule has 0 aliphatic rings. The number of hydrogen-bond donors (Lipinski definition) is 2. The van der Waals surface area contributed by atoms with E-state index in [1.54, 1.807) is 13.1 Å². The van der Waals surface area contributed by atoms with Crippen LogP contribution >= 0.6 is 0 Å². The minimum Gasteiger partial charge on any atom is -0.354 e. The Morgan fingerprint density at radius 1 is 1.24 bits per heavy atom. The van der Waals surface area contributed by atoms with Crippen molar-refractivity contribution < 1.29 is 4.79 Å². The fourth-order valence-corrected chi connectivity index (χ4v) is 2.19. The van der Waals surface area contributed by atoms with Crippen molar-refractivity contribution in [3.05, 3.63) is 40.3 Å². The summed E-state index contributed by atoms with van der Waals surface area (Å²) in [5.41, 5.74) is 0.468. The van der Waals surface area contributed by atoms with Crippen LogP contribution in [0.1, 0.15) is 12.6 Å². The van der Waals surface area contributed by atoms with Crippen LogP contribution in [0, 0.1) is 0 Å². The van der Waals surface area contributed by atoms with Gasteiger partial charge in [0.1, 0.15) is 0 Å². The zero-order valence-electron chi connectivity index (χ0n) is 12.3. The maximum atomic E-state index is 12.0. The van der Waals surface area contributed by atoms with Crippen LogP contribution in [0.15, 0.2) is 29.1 Å². The van der Waals surface area contributed by atoms with Crippen LogP contribution in [0.2, 0.25) is 0 Å². The molecule has 1 amide bonds. The monoisotopic (exact) mass is 288 g/mol. The van der Waals surface area contributed by atoms with Crippen molar-refractivity contribution >= 4 is 16.7 Å². The molecule has 6 nitrogen and oxygen atoms in total. The SMILES string of the molecule is CCNCCNC(=O)Cc1nn(C)c(=O)c2ccccc12. The highest BCUT2D eigenvalue weighted by Gasteiger charge is 2.11. The standard InChI is InChI=1S/C15H20N4O2/c1-3-16-8-9-17-14(20)10-13-11-6-4-5-7-12(11)15(21)19(2)18-13/h4-7,16H,3,8-10H2,1-2H3,(H,17,20). The van der Waals surface area contributed by atoms with Crippen LogP contribution in [0.25, 0.3) is 10.8 Å². The molecule has 0 spiro atoms. The number of aromatic nitrogens is 2. The molecule has 2 rings (SSSR count). The Morgan fingerprint density at radius 3 is 2.67 bits per heavy atom. The second-order valence-electron chi connectivity index (χ2n) is 4.80. The van der Waals surface area contributed by atoms with E-state index in [1.807, 2.05) is 25.1 Å². The zero-order valence-corrected chi connectivity index (χ0v) is 12.3. The quantitative estimate of drug-likeness (QED) is 0.745. The molecule has 0 bridgehead atoms. The second-order valence-corrected chi connectivity index (χ2v) is 4.80. The van der Waals surface area contributed by atoms with E-state index >= 15 is 0 Å². The number of benzene rings is 1. The fraction of sp³-hybridized carbons (Fsp3) is 0.400. The molecule has 1 aromatic carbocycles. The molecular formula is C15H20N4O2. The maximum absolute atomic E-state index is 12.0. The van der Waals surface area contributed by atoms with E-state index in [2.05, 4.69) is 15.7 Å². The third kappa shape index (κ3) is 3.66. The van der Waals surface area contributed by atoms with E-state index in [0.717, 1.165) is 18.5 Å². The number of hydrogen-bond acceptors (Lipinski definition) is 4. The smallest absolute Gasteiger partial charge is 0.274 e. The summed E-state index contributed by atoms with van der Waals surface area (Å²) < 4.78 is 1.28. The van der Waals surface area contributed by atoms with Gasteiger partial charge in [-0.3, -0.25) is 9.59 Å². The molecular weight excluding hydrogens is 268 g/mol. The van der Waals surface area contributed by atoms with Gasteiger partial charge in [-0.05, 0) is 12.6 Å². The molecule has 0 saturated carbocycles. The molecule has 0 fully saturated rings. The predicted molar refractivity (Wildman–Crippen MR) is 82.2 cm³/mol. The van der Waals surface area contributed by atoms with Crippen LogP contribution in [0.5, 0.6) is 0 Å². The molecule has 0 aliphatic heterocycles. The van der Waals surface area contributed by atoms with Crippen LogP contribution in [-0.2, 0) is 18.3 Å². The summed E-state index contributed by atoms with van der Waals surface area (Å²) in [5, 5.41) is 11.5. The van der Waals surface area contributed by atoms with Gasteiger partial charge in [-0.1, -0.05) is 25.1 Å². The molecule has 0 aliphatic carbocycles. The lowest BCUT2D eigenvalue weighted by Gasteiger charge is -2.09. The third-order valence-electron chi connectivity index (χ3n) is 3.23. The van der Waals surface area contributed by atoms with Crippen molar-refractivity contribution in [1.82, 2.24) is 20.4 Å². The maximum Gasteiger partial charge on any atom is 0.274 e. The number of carbonyl (C=O) groups is 1. The number of fused-ring (bicyclic) bond motifs is 1. The Hall–Kier alpha value is -2.21. The highest BCUT2D eigenvalue weighted by Crippen LogP contribution is 2.13. The van der Waals surface area contributed by atoms with E-state index in [9.17, 15) is 9.59 Å². The van der Waals surface area contributed by atoms with E-state index in [0.29, 0.717) is 17.6 Å². The zero-order chi connectivity index (χ0) is 15.2. The predicted octanol–water partition coefficient (Wildman–Crippen LogP) is 0.202. The van der Waals surface area contributed by atoms with Crippen molar-refractivity contribution in [2.24, 2.45) is 7.05 Å². The molecule has 0 radical (unpaired) electrons. The summed E-state index contributed by atoms with van der Waals surface area (Å²) in [4.78, 5) is 24.0. The molecule has 0 saturated heterocycles. The summed E-state index contributed by atoms with van der Waals surface area (Å²) in [5.74, 6) is -0.0933. The number of nitrogens with zero attached hydrogens (tertiary/aromatic N) is 2. The first kappa shape index (κ1) is 15.2. The summed E-state index contributed by atoms with van der Waals surface area (Å²) in [6.45, 7) is 4.21. The van der Waals surface area contributed by atoms with Gasteiger partial charge in [-0.15, -0.1) is 0 Å². The number of nitrogens with one attached hydrogen (secondary N) is 2. The van der Waals surface area contributed by atoms with E-state index in [4.69, 9.17) is 0 Å². The van der Waals surface area contributed by atoms with Crippen LogP contribution in [-0.4, -0.2) is 35.3 Å². The van der Waals surface area contributed by atoms with Crippen LogP contribution in [0.4, 0.5) is 0 Å². The normalized spacial score (nSPS) is 10.8. The minimum absolute atomic E-state index is 0.0933. The molecule has 112 valence electrons. The first-order chi connectivity index (χ1) is 10.1. The van der Waals surface area contributed by atoms with E-state index in [1.165, 1.54) is 4.68 Å². The van der Waals surface area contributed by atoms with Crippen molar-refractivity contribution in [3.63, 3.8) is 0 Å². The molecule has 21 heavy (non-hydrogen) atoms. The van der Waals surface area contributed by atoms with Gasteiger partial charge in [0.15, 0.2) is 0 Å². The fourth-order valence-electron chi connectivity index (χ4n) is 2.19. The van der Waals surface area contributed by atoms with E-state index < -0.39 is 0 Å². The Bertz CT molecular complexity index is 694. The summed E-state index contributed by atoms with van der Waals surface area (Å²) in [6, 6.07) is 7.23. The Labute approximate surface area is 123 Å². The van der Waals surface area contributed by atoms with Crippen molar-refractivity contribution in [3.8, 4) is 0 Å². The number of amides is 1. The Kier molecular flexibility index (Phi) is 5.05. The van der Waals surface area contributed by atoms with Gasteiger partial charge >= 0.3 is 0 Å². The highest BCUT2D eigenvalue weighted by molar-refractivity contribution is 5.88. The van der Waals surface area contributed by atoms with E-state index in [-0.39, 0.29) is 17.9 Å². The van der Waals surface area contributed by atoms with Gasteiger partial charge < -0.3 is 10.6 Å². The van der Waals surface area contributed by atoms with Gasteiger partial charge in [0.2, 0.25) is 5.91 Å². The van der Waals surface area contributed by atoms with Crippen molar-refractivity contribution in [1.29, 1.82) is 0 Å². The topological polar surface area (TPSA) is 76.0 Å². The van der Waals surface area contributed by atoms with Gasteiger partial charge in [0.25, 0.3) is 5.56 Å². The Balaban J connectivity index is 2.17. The number of aryl methyl sites for hydroxylation is 1. The lowest BCUT2D eigenvalue weighted by molar-refractivity contribution is -0.120.